The Hall–Kier alpha value is -2.33. The summed E-state index contributed by atoms with van der Waals surface area (Å²) in [6.07, 6.45) is 5.22. The van der Waals surface area contributed by atoms with E-state index >= 15 is 0 Å². The fraction of sp³-hybridized carbons (Fsp3) is 0. The van der Waals surface area contributed by atoms with Gasteiger partial charge >= 0.3 is 0 Å². The highest BCUT2D eigenvalue weighted by Crippen LogP contribution is 2.24. The fourth-order valence-electron chi connectivity index (χ4n) is 1.95. The molecule has 3 aromatic rings. The number of imidazole rings is 1. The van der Waals surface area contributed by atoms with E-state index in [0.29, 0.717) is 10.8 Å². The van der Waals surface area contributed by atoms with E-state index in [9.17, 15) is 0 Å². The molecule has 19 heavy (non-hydrogen) atoms. The molecule has 94 valence electrons. The minimum atomic E-state index is 0.483. The van der Waals surface area contributed by atoms with Crippen LogP contribution in [-0.2, 0) is 0 Å². The summed E-state index contributed by atoms with van der Waals surface area (Å²) in [6, 6.07) is 11.3. The van der Waals surface area contributed by atoms with Crippen LogP contribution in [-0.4, -0.2) is 14.5 Å². The molecule has 0 bridgehead atoms. The van der Waals surface area contributed by atoms with Crippen molar-refractivity contribution < 1.29 is 0 Å². The van der Waals surface area contributed by atoms with Crippen LogP contribution in [0.3, 0.4) is 0 Å². The van der Waals surface area contributed by atoms with Crippen LogP contribution in [0.5, 0.6) is 0 Å². The largest absolute Gasteiger partial charge is 0.384 e. The number of halogens is 1. The normalized spacial score (nSPS) is 10.6. The molecule has 0 amide bonds. The van der Waals surface area contributed by atoms with E-state index in [4.69, 9.17) is 17.3 Å². The molecule has 0 fully saturated rings. The van der Waals surface area contributed by atoms with Gasteiger partial charge in [0.05, 0.1) is 18.2 Å². The molecule has 0 saturated carbocycles. The van der Waals surface area contributed by atoms with Crippen LogP contribution in [0, 0.1) is 0 Å². The van der Waals surface area contributed by atoms with E-state index in [1.807, 2.05) is 41.0 Å². The van der Waals surface area contributed by atoms with E-state index in [2.05, 4.69) is 9.97 Å². The first kappa shape index (κ1) is 11.7. The molecule has 1 aromatic carbocycles. The summed E-state index contributed by atoms with van der Waals surface area (Å²) >= 11 is 6.02. The predicted octanol–water partition coefficient (Wildman–Crippen LogP) is 3.17. The topological polar surface area (TPSA) is 56.7 Å². The number of nitrogens with zero attached hydrogens (tertiary/aromatic N) is 3. The first-order chi connectivity index (χ1) is 9.24. The minimum Gasteiger partial charge on any atom is -0.384 e. The SMILES string of the molecule is Nc1cc(-c2cncn2-c2cccc(Cl)c2)ccn1. The molecule has 0 saturated heterocycles. The van der Waals surface area contributed by atoms with Gasteiger partial charge in [0.2, 0.25) is 0 Å². The highest BCUT2D eigenvalue weighted by Gasteiger charge is 2.07. The molecule has 2 heterocycles. The maximum atomic E-state index is 6.02. The molecule has 3 rings (SSSR count). The molecule has 0 aliphatic carbocycles. The van der Waals surface area contributed by atoms with E-state index in [-0.39, 0.29) is 0 Å². The maximum absolute atomic E-state index is 6.02. The number of anilines is 1. The predicted molar refractivity (Wildman–Crippen MR) is 76.2 cm³/mol. The highest BCUT2D eigenvalue weighted by molar-refractivity contribution is 6.30. The molecular weight excluding hydrogens is 260 g/mol. The lowest BCUT2D eigenvalue weighted by molar-refractivity contribution is 1.06. The second-order valence-corrected chi connectivity index (χ2v) is 4.53. The van der Waals surface area contributed by atoms with Crippen LogP contribution in [0.4, 0.5) is 5.82 Å². The lowest BCUT2D eigenvalue weighted by atomic mass is 10.2. The van der Waals surface area contributed by atoms with Gasteiger partial charge in [0, 0.05) is 22.5 Å². The van der Waals surface area contributed by atoms with Crippen LogP contribution in [0.15, 0.2) is 55.1 Å². The molecule has 0 atom stereocenters. The number of rotatable bonds is 2. The molecule has 4 nitrogen and oxygen atoms in total. The minimum absolute atomic E-state index is 0.483. The van der Waals surface area contributed by atoms with Gasteiger partial charge in [-0.25, -0.2) is 9.97 Å². The molecule has 5 heteroatoms. The second kappa shape index (κ2) is 4.74. The third-order valence-electron chi connectivity index (χ3n) is 2.80. The Morgan fingerprint density at radius 1 is 1.16 bits per heavy atom. The van der Waals surface area contributed by atoms with Crippen LogP contribution in [0.1, 0.15) is 0 Å². The summed E-state index contributed by atoms with van der Waals surface area (Å²) < 4.78 is 1.96. The Bertz CT molecular complexity index is 661. The van der Waals surface area contributed by atoms with Crippen molar-refractivity contribution in [1.29, 1.82) is 0 Å². The average Bonchev–Trinajstić information content (AvgIpc) is 2.88. The van der Waals surface area contributed by atoms with Gasteiger partial charge in [-0.15, -0.1) is 0 Å². The number of benzene rings is 1. The van der Waals surface area contributed by atoms with Crippen molar-refractivity contribution in [3.05, 3.63) is 60.1 Å². The number of hydrogen-bond donors (Lipinski definition) is 1. The van der Waals surface area contributed by atoms with Crippen molar-refractivity contribution in [2.24, 2.45) is 0 Å². The van der Waals surface area contributed by atoms with Crippen molar-refractivity contribution in [1.82, 2.24) is 14.5 Å². The van der Waals surface area contributed by atoms with E-state index in [0.717, 1.165) is 16.9 Å². The zero-order valence-electron chi connectivity index (χ0n) is 9.99. The summed E-state index contributed by atoms with van der Waals surface area (Å²) in [5, 5.41) is 0.686. The zero-order valence-corrected chi connectivity index (χ0v) is 10.7. The third kappa shape index (κ3) is 2.30. The Morgan fingerprint density at radius 3 is 2.84 bits per heavy atom. The van der Waals surface area contributed by atoms with Crippen molar-refractivity contribution in [2.45, 2.75) is 0 Å². The summed E-state index contributed by atoms with van der Waals surface area (Å²) in [5.74, 6) is 0.483. The number of nitrogens with two attached hydrogens (primary N) is 1. The Labute approximate surface area is 115 Å². The monoisotopic (exact) mass is 270 g/mol. The Balaban J connectivity index is 2.13. The van der Waals surface area contributed by atoms with Gasteiger partial charge in [-0.3, -0.25) is 4.57 Å². The number of hydrogen-bond acceptors (Lipinski definition) is 3. The molecule has 2 aromatic heterocycles. The first-order valence-electron chi connectivity index (χ1n) is 5.74. The lowest BCUT2D eigenvalue weighted by Gasteiger charge is -2.08. The molecular formula is C14H11ClN4. The van der Waals surface area contributed by atoms with Crippen LogP contribution in [0.2, 0.25) is 5.02 Å². The number of nitrogen functional groups attached to an aromatic ring is 1. The van der Waals surface area contributed by atoms with Crippen LogP contribution < -0.4 is 5.73 Å². The van der Waals surface area contributed by atoms with Gasteiger partial charge in [0.1, 0.15) is 5.82 Å². The molecule has 0 unspecified atom stereocenters. The Kier molecular flexibility index (Phi) is 2.93. The second-order valence-electron chi connectivity index (χ2n) is 4.10. The van der Waals surface area contributed by atoms with Crippen molar-refractivity contribution >= 4 is 17.4 Å². The summed E-state index contributed by atoms with van der Waals surface area (Å²) in [4.78, 5) is 8.19. The van der Waals surface area contributed by atoms with Gasteiger partial charge in [0.15, 0.2) is 0 Å². The fourth-order valence-corrected chi connectivity index (χ4v) is 2.13. The van der Waals surface area contributed by atoms with Crippen LogP contribution in [0.25, 0.3) is 16.9 Å². The highest BCUT2D eigenvalue weighted by atomic mass is 35.5. The first-order valence-corrected chi connectivity index (χ1v) is 6.12. The Morgan fingerprint density at radius 2 is 2.05 bits per heavy atom. The quantitative estimate of drug-likeness (QED) is 0.778. The lowest BCUT2D eigenvalue weighted by Crippen LogP contribution is -1.96. The van der Waals surface area contributed by atoms with Gasteiger partial charge in [-0.1, -0.05) is 17.7 Å². The zero-order chi connectivity index (χ0) is 13.2. The summed E-state index contributed by atoms with van der Waals surface area (Å²) in [6.45, 7) is 0. The number of pyridine rings is 1. The molecule has 0 aliphatic heterocycles. The number of aromatic nitrogens is 3. The molecule has 0 radical (unpaired) electrons. The van der Waals surface area contributed by atoms with Gasteiger partial charge in [-0.2, -0.15) is 0 Å². The standard InChI is InChI=1S/C14H11ClN4/c15-11-2-1-3-12(7-11)19-9-17-8-13(19)10-4-5-18-14(16)6-10/h1-9H,(H2,16,18). The average molecular weight is 271 g/mol. The van der Waals surface area contributed by atoms with E-state index in [1.165, 1.54) is 0 Å². The van der Waals surface area contributed by atoms with Crippen molar-refractivity contribution in [3.8, 4) is 16.9 Å². The van der Waals surface area contributed by atoms with E-state index < -0.39 is 0 Å². The third-order valence-corrected chi connectivity index (χ3v) is 3.04. The molecule has 0 spiro atoms. The molecule has 0 aliphatic rings. The molecule has 2 N–H and O–H groups in total. The summed E-state index contributed by atoms with van der Waals surface area (Å²) in [7, 11) is 0. The van der Waals surface area contributed by atoms with Crippen molar-refractivity contribution in [3.63, 3.8) is 0 Å². The van der Waals surface area contributed by atoms with Gasteiger partial charge in [-0.05, 0) is 30.3 Å². The maximum Gasteiger partial charge on any atom is 0.123 e. The van der Waals surface area contributed by atoms with E-state index in [1.54, 1.807) is 18.7 Å². The smallest absolute Gasteiger partial charge is 0.123 e. The summed E-state index contributed by atoms with van der Waals surface area (Å²) in [5.41, 5.74) is 8.57. The van der Waals surface area contributed by atoms with Gasteiger partial charge < -0.3 is 5.73 Å². The van der Waals surface area contributed by atoms with Crippen molar-refractivity contribution in [2.75, 3.05) is 5.73 Å². The van der Waals surface area contributed by atoms with Gasteiger partial charge in [0.25, 0.3) is 0 Å². The van der Waals surface area contributed by atoms with Crippen LogP contribution >= 0.6 is 11.6 Å².